The van der Waals surface area contributed by atoms with E-state index in [4.69, 9.17) is 4.74 Å². The lowest BCUT2D eigenvalue weighted by atomic mass is 10.00. The maximum atomic E-state index is 12.9. The van der Waals surface area contributed by atoms with Gasteiger partial charge in [0.25, 0.3) is 5.56 Å². The van der Waals surface area contributed by atoms with Gasteiger partial charge < -0.3 is 14.2 Å². The van der Waals surface area contributed by atoms with E-state index in [0.29, 0.717) is 18.7 Å². The maximum absolute atomic E-state index is 12.9. The van der Waals surface area contributed by atoms with E-state index in [9.17, 15) is 9.59 Å². The Morgan fingerprint density at radius 3 is 2.69 bits per heavy atom. The van der Waals surface area contributed by atoms with Gasteiger partial charge in [0.1, 0.15) is 6.61 Å². The Kier molecular flexibility index (Phi) is 4.68. The van der Waals surface area contributed by atoms with Crippen LogP contribution in [-0.2, 0) is 42.1 Å². The molecule has 5 nitrogen and oxygen atoms in total. The second-order valence-electron chi connectivity index (χ2n) is 7.91. The molecule has 3 heterocycles. The highest BCUT2D eigenvalue weighted by Gasteiger charge is 2.21. The van der Waals surface area contributed by atoms with Gasteiger partial charge in [-0.25, -0.2) is 0 Å². The highest BCUT2D eigenvalue weighted by molar-refractivity contribution is 5.83. The fourth-order valence-electron chi connectivity index (χ4n) is 4.58. The topological polar surface area (TPSA) is 51.5 Å². The van der Waals surface area contributed by atoms with Crippen LogP contribution >= 0.6 is 0 Å². The molecule has 1 aromatic heterocycles. The Morgan fingerprint density at radius 1 is 0.966 bits per heavy atom. The standard InChI is InChI=1S/C24H24N2O3/c27-22(25-12-10-17-5-1-2-6-20(17)14-25)16-29-15-21-13-19-8-3-7-18-9-4-11-26(23(18)19)24(21)28/h1-3,5-8,13H,4,9-12,14-16H2. The summed E-state index contributed by atoms with van der Waals surface area (Å²) in [4.78, 5) is 27.3. The van der Waals surface area contributed by atoms with Gasteiger partial charge in [-0.05, 0) is 47.4 Å². The number of ether oxygens (including phenoxy) is 1. The summed E-state index contributed by atoms with van der Waals surface area (Å²) in [6.45, 7) is 2.25. The molecule has 3 aromatic rings. The largest absolute Gasteiger partial charge is 0.367 e. The highest BCUT2D eigenvalue weighted by atomic mass is 16.5. The zero-order valence-corrected chi connectivity index (χ0v) is 16.4. The quantitative estimate of drug-likeness (QED) is 0.690. The van der Waals surface area contributed by atoms with Crippen LogP contribution in [0, 0.1) is 0 Å². The van der Waals surface area contributed by atoms with Crippen molar-refractivity contribution in [2.75, 3.05) is 13.2 Å². The van der Waals surface area contributed by atoms with Crippen molar-refractivity contribution in [2.45, 2.75) is 39.0 Å². The third kappa shape index (κ3) is 3.36. The van der Waals surface area contributed by atoms with Crippen LogP contribution in [-0.4, -0.2) is 28.5 Å². The number of amides is 1. The van der Waals surface area contributed by atoms with Crippen LogP contribution in [0.5, 0.6) is 0 Å². The number of para-hydroxylation sites is 1. The summed E-state index contributed by atoms with van der Waals surface area (Å²) in [6.07, 6.45) is 2.87. The van der Waals surface area contributed by atoms with Crippen LogP contribution in [0.15, 0.2) is 53.3 Å². The SMILES string of the molecule is O=C(COCc1cc2cccc3c2n(c1=O)CCC3)N1CCc2ccccc2C1. The number of aromatic nitrogens is 1. The summed E-state index contributed by atoms with van der Waals surface area (Å²) in [7, 11) is 0. The third-order valence-electron chi connectivity index (χ3n) is 6.06. The van der Waals surface area contributed by atoms with Gasteiger partial charge in [0.05, 0.1) is 12.1 Å². The van der Waals surface area contributed by atoms with E-state index in [1.807, 2.05) is 39.8 Å². The Hall–Kier alpha value is -2.92. The molecule has 2 aliphatic heterocycles. The number of aryl methyl sites for hydroxylation is 2. The molecule has 5 rings (SSSR count). The first-order valence-corrected chi connectivity index (χ1v) is 10.3. The van der Waals surface area contributed by atoms with Gasteiger partial charge >= 0.3 is 0 Å². The second kappa shape index (κ2) is 7.48. The molecule has 2 aromatic carbocycles. The van der Waals surface area contributed by atoms with Gasteiger partial charge in [-0.15, -0.1) is 0 Å². The summed E-state index contributed by atoms with van der Waals surface area (Å²) in [5.74, 6) is -0.0241. The van der Waals surface area contributed by atoms with Crippen LogP contribution in [0.1, 0.15) is 28.7 Å². The van der Waals surface area contributed by atoms with Gasteiger partial charge in [0.2, 0.25) is 5.91 Å². The summed E-state index contributed by atoms with van der Waals surface area (Å²) in [6, 6.07) is 16.4. The van der Waals surface area contributed by atoms with Gasteiger partial charge in [0.15, 0.2) is 0 Å². The smallest absolute Gasteiger partial charge is 0.256 e. The number of carbonyl (C=O) groups excluding carboxylic acids is 1. The molecule has 0 saturated carbocycles. The van der Waals surface area contributed by atoms with Crippen LogP contribution in [0.4, 0.5) is 0 Å². The van der Waals surface area contributed by atoms with Gasteiger partial charge in [-0.2, -0.15) is 0 Å². The summed E-state index contributed by atoms with van der Waals surface area (Å²) < 4.78 is 7.57. The highest BCUT2D eigenvalue weighted by Crippen LogP contribution is 2.24. The van der Waals surface area contributed by atoms with Crippen molar-refractivity contribution < 1.29 is 9.53 Å². The fourth-order valence-corrected chi connectivity index (χ4v) is 4.58. The van der Waals surface area contributed by atoms with E-state index in [1.165, 1.54) is 16.7 Å². The lowest BCUT2D eigenvalue weighted by Crippen LogP contribution is -2.38. The van der Waals surface area contributed by atoms with Crippen molar-refractivity contribution in [1.29, 1.82) is 0 Å². The van der Waals surface area contributed by atoms with Crippen molar-refractivity contribution in [2.24, 2.45) is 0 Å². The van der Waals surface area contributed by atoms with Gasteiger partial charge in [-0.1, -0.05) is 42.5 Å². The maximum Gasteiger partial charge on any atom is 0.256 e. The molecule has 0 atom stereocenters. The Morgan fingerprint density at radius 2 is 1.79 bits per heavy atom. The predicted molar refractivity (Wildman–Crippen MR) is 112 cm³/mol. The second-order valence-corrected chi connectivity index (χ2v) is 7.91. The molecule has 0 saturated heterocycles. The Labute approximate surface area is 169 Å². The number of rotatable bonds is 4. The number of benzene rings is 2. The Bertz CT molecular complexity index is 1150. The number of hydrogen-bond acceptors (Lipinski definition) is 3. The number of pyridine rings is 1. The number of carbonyl (C=O) groups is 1. The molecule has 0 N–H and O–H groups in total. The van der Waals surface area contributed by atoms with Gasteiger partial charge in [-0.3, -0.25) is 9.59 Å². The minimum atomic E-state index is -0.0241. The zero-order chi connectivity index (χ0) is 19.8. The lowest BCUT2D eigenvalue weighted by molar-refractivity contribution is -0.137. The molecule has 0 bridgehead atoms. The molecule has 2 aliphatic rings. The van der Waals surface area contributed by atoms with Crippen LogP contribution in [0.2, 0.25) is 0 Å². The number of nitrogens with zero attached hydrogens (tertiary/aromatic N) is 2. The van der Waals surface area contributed by atoms with Crippen molar-refractivity contribution in [3.63, 3.8) is 0 Å². The van der Waals surface area contributed by atoms with E-state index in [-0.39, 0.29) is 24.7 Å². The van der Waals surface area contributed by atoms with Crippen LogP contribution in [0.25, 0.3) is 10.9 Å². The molecule has 0 spiro atoms. The molecule has 5 heteroatoms. The van der Waals surface area contributed by atoms with Crippen molar-refractivity contribution in [1.82, 2.24) is 9.47 Å². The normalized spacial score (nSPS) is 15.4. The predicted octanol–water partition coefficient (Wildman–Crippen LogP) is 3.05. The molecule has 0 radical (unpaired) electrons. The Balaban J connectivity index is 1.28. The van der Waals surface area contributed by atoms with E-state index >= 15 is 0 Å². The molecular formula is C24H24N2O3. The zero-order valence-electron chi connectivity index (χ0n) is 16.4. The van der Waals surface area contributed by atoms with E-state index in [2.05, 4.69) is 18.2 Å². The molecular weight excluding hydrogens is 364 g/mol. The van der Waals surface area contributed by atoms with Crippen molar-refractivity contribution in [3.8, 4) is 0 Å². The number of hydrogen-bond donors (Lipinski definition) is 0. The summed E-state index contributed by atoms with van der Waals surface area (Å²) >= 11 is 0. The first kappa shape index (κ1) is 18.1. The number of fused-ring (bicyclic) bond motifs is 1. The van der Waals surface area contributed by atoms with Crippen molar-refractivity contribution >= 4 is 16.8 Å². The first-order valence-electron chi connectivity index (χ1n) is 10.3. The minimum absolute atomic E-state index is 0.000314. The van der Waals surface area contributed by atoms with Crippen LogP contribution < -0.4 is 5.56 Å². The monoisotopic (exact) mass is 388 g/mol. The molecule has 29 heavy (non-hydrogen) atoms. The van der Waals surface area contributed by atoms with E-state index < -0.39 is 0 Å². The summed E-state index contributed by atoms with van der Waals surface area (Å²) in [5.41, 5.74) is 5.43. The molecule has 1 amide bonds. The average Bonchev–Trinajstić information content (AvgIpc) is 2.76. The summed E-state index contributed by atoms with van der Waals surface area (Å²) in [5, 5.41) is 1.07. The first-order chi connectivity index (χ1) is 14.2. The van der Waals surface area contributed by atoms with E-state index in [0.717, 1.165) is 36.7 Å². The minimum Gasteiger partial charge on any atom is -0.367 e. The van der Waals surface area contributed by atoms with Crippen LogP contribution in [0.3, 0.4) is 0 Å². The molecule has 0 aliphatic carbocycles. The average molecular weight is 388 g/mol. The van der Waals surface area contributed by atoms with E-state index in [1.54, 1.807) is 0 Å². The molecule has 148 valence electrons. The third-order valence-corrected chi connectivity index (χ3v) is 6.06. The van der Waals surface area contributed by atoms with Gasteiger partial charge in [0, 0.05) is 25.2 Å². The lowest BCUT2D eigenvalue weighted by Gasteiger charge is -2.28. The van der Waals surface area contributed by atoms with Crippen molar-refractivity contribution in [3.05, 3.63) is 81.1 Å². The molecule has 0 fully saturated rings. The fraction of sp³-hybridized carbons (Fsp3) is 0.333. The molecule has 0 unspecified atom stereocenters.